The van der Waals surface area contributed by atoms with E-state index in [1.807, 2.05) is 17.8 Å². The summed E-state index contributed by atoms with van der Waals surface area (Å²) in [5, 5.41) is 11.3. The average molecular weight is 344 g/mol. The third kappa shape index (κ3) is 4.76. The lowest BCUT2D eigenvalue weighted by molar-refractivity contribution is 0.128. The first-order valence-corrected chi connectivity index (χ1v) is 9.22. The minimum absolute atomic E-state index is 0.459. The number of hydrogen-bond acceptors (Lipinski definition) is 6. The number of aromatic nitrogens is 4. The van der Waals surface area contributed by atoms with Crippen LogP contribution >= 0.6 is 0 Å². The van der Waals surface area contributed by atoms with Gasteiger partial charge >= 0.3 is 0 Å². The van der Waals surface area contributed by atoms with Gasteiger partial charge in [0.1, 0.15) is 12.4 Å². The van der Waals surface area contributed by atoms with E-state index in [0.29, 0.717) is 19.8 Å². The first kappa shape index (κ1) is 17.8. The Morgan fingerprint density at radius 3 is 2.96 bits per heavy atom. The fourth-order valence-electron chi connectivity index (χ4n) is 3.04. The van der Waals surface area contributed by atoms with E-state index in [1.54, 1.807) is 0 Å². The van der Waals surface area contributed by atoms with Crippen molar-refractivity contribution in [3.8, 4) is 0 Å². The first-order valence-electron chi connectivity index (χ1n) is 9.22. The maximum absolute atomic E-state index is 5.51. The second-order valence-electron chi connectivity index (χ2n) is 6.27. The second-order valence-corrected chi connectivity index (χ2v) is 6.27. The number of fused-ring (bicyclic) bond motifs is 1. The van der Waals surface area contributed by atoms with E-state index in [9.17, 15) is 0 Å². The second kappa shape index (κ2) is 8.92. The lowest BCUT2D eigenvalue weighted by Gasteiger charge is -2.14. The van der Waals surface area contributed by atoms with Gasteiger partial charge in [-0.1, -0.05) is 6.92 Å². The monoisotopic (exact) mass is 344 g/mol. The molecular formula is C18H28N6O. The van der Waals surface area contributed by atoms with Crippen LogP contribution in [0.5, 0.6) is 0 Å². The molecule has 0 saturated heterocycles. The molecule has 0 fully saturated rings. The van der Waals surface area contributed by atoms with Crippen LogP contribution < -0.4 is 10.6 Å². The Kier molecular flexibility index (Phi) is 6.36. The van der Waals surface area contributed by atoms with Gasteiger partial charge in [-0.3, -0.25) is 4.68 Å². The maximum atomic E-state index is 5.51. The summed E-state index contributed by atoms with van der Waals surface area (Å²) in [6, 6.07) is 0. The van der Waals surface area contributed by atoms with Gasteiger partial charge in [-0.25, -0.2) is 9.97 Å². The lowest BCUT2D eigenvalue weighted by Crippen LogP contribution is -2.16. The number of hydrogen-bond donors (Lipinski definition) is 2. The highest BCUT2D eigenvalue weighted by molar-refractivity contribution is 5.48. The molecule has 25 heavy (non-hydrogen) atoms. The van der Waals surface area contributed by atoms with Crippen LogP contribution in [0.4, 0.5) is 5.82 Å². The summed E-state index contributed by atoms with van der Waals surface area (Å²) in [7, 11) is 0. The molecular weight excluding hydrogens is 316 g/mol. The first-order chi connectivity index (χ1) is 12.3. The normalized spacial score (nSPS) is 14.2. The summed E-state index contributed by atoms with van der Waals surface area (Å²) in [5.41, 5.74) is 3.53. The van der Waals surface area contributed by atoms with Crippen molar-refractivity contribution in [3.63, 3.8) is 0 Å². The Bertz CT molecular complexity index is 684. The molecule has 0 saturated carbocycles. The van der Waals surface area contributed by atoms with E-state index in [-0.39, 0.29) is 0 Å². The van der Waals surface area contributed by atoms with E-state index in [2.05, 4.69) is 28.9 Å². The summed E-state index contributed by atoms with van der Waals surface area (Å²) in [4.78, 5) is 9.44. The van der Waals surface area contributed by atoms with Gasteiger partial charge in [0.15, 0.2) is 5.82 Å². The average Bonchev–Trinajstić information content (AvgIpc) is 2.93. The van der Waals surface area contributed by atoms with Gasteiger partial charge in [0.2, 0.25) is 0 Å². The van der Waals surface area contributed by atoms with Crippen LogP contribution in [0.3, 0.4) is 0 Å². The van der Waals surface area contributed by atoms with Gasteiger partial charge in [0.25, 0.3) is 0 Å². The van der Waals surface area contributed by atoms with Gasteiger partial charge in [-0.2, -0.15) is 5.10 Å². The molecule has 1 aliphatic rings. The molecule has 7 heteroatoms. The van der Waals surface area contributed by atoms with Crippen LogP contribution in [0, 0.1) is 0 Å². The zero-order valence-electron chi connectivity index (χ0n) is 15.2. The summed E-state index contributed by atoms with van der Waals surface area (Å²) in [5.74, 6) is 1.69. The molecule has 0 radical (unpaired) electrons. The minimum Gasteiger partial charge on any atom is -0.374 e. The molecule has 7 nitrogen and oxygen atoms in total. The van der Waals surface area contributed by atoms with E-state index < -0.39 is 0 Å². The van der Waals surface area contributed by atoms with Gasteiger partial charge in [0.05, 0.1) is 11.9 Å². The van der Waals surface area contributed by atoms with E-state index in [4.69, 9.17) is 14.7 Å². The van der Waals surface area contributed by atoms with Gasteiger partial charge in [-0.15, -0.1) is 0 Å². The molecule has 0 amide bonds. The molecule has 0 aromatic carbocycles. The third-order valence-electron chi connectivity index (χ3n) is 4.26. The van der Waals surface area contributed by atoms with Crippen LogP contribution in [0.2, 0.25) is 0 Å². The van der Waals surface area contributed by atoms with Gasteiger partial charge < -0.3 is 15.4 Å². The molecule has 0 bridgehead atoms. The molecule has 0 unspecified atom stereocenters. The van der Waals surface area contributed by atoms with Crippen molar-refractivity contribution in [2.24, 2.45) is 0 Å². The predicted molar refractivity (Wildman–Crippen MR) is 97.5 cm³/mol. The maximum Gasteiger partial charge on any atom is 0.156 e. The largest absolute Gasteiger partial charge is 0.374 e. The molecule has 1 aliphatic heterocycles. The van der Waals surface area contributed by atoms with Crippen LogP contribution in [0.25, 0.3) is 0 Å². The number of rotatable bonds is 8. The van der Waals surface area contributed by atoms with Crippen LogP contribution in [-0.2, 0) is 37.3 Å². The molecule has 3 rings (SSSR count). The lowest BCUT2D eigenvalue weighted by atomic mass is 10.1. The highest BCUT2D eigenvalue weighted by atomic mass is 16.5. The molecule has 2 N–H and O–H groups in total. The third-order valence-corrected chi connectivity index (χ3v) is 4.26. The van der Waals surface area contributed by atoms with Crippen LogP contribution in [-0.4, -0.2) is 39.4 Å². The van der Waals surface area contributed by atoms with Crippen molar-refractivity contribution in [2.45, 2.75) is 52.8 Å². The molecule has 3 heterocycles. The minimum atomic E-state index is 0.459. The van der Waals surface area contributed by atoms with Crippen molar-refractivity contribution in [2.75, 3.05) is 25.0 Å². The van der Waals surface area contributed by atoms with E-state index in [0.717, 1.165) is 56.2 Å². The fraction of sp³-hybridized carbons (Fsp3) is 0.611. The molecule has 2 aromatic heterocycles. The number of anilines is 1. The zero-order chi connectivity index (χ0) is 17.5. The van der Waals surface area contributed by atoms with Crippen LogP contribution in [0.1, 0.15) is 42.9 Å². The summed E-state index contributed by atoms with van der Waals surface area (Å²) in [6.07, 6.45) is 6.98. The number of nitrogens with one attached hydrogen (secondary N) is 2. The summed E-state index contributed by atoms with van der Waals surface area (Å²) in [6.45, 7) is 8.86. The zero-order valence-corrected chi connectivity index (χ0v) is 15.2. The smallest absolute Gasteiger partial charge is 0.156 e. The molecule has 136 valence electrons. The topological polar surface area (TPSA) is 76.9 Å². The quantitative estimate of drug-likeness (QED) is 0.762. The molecule has 0 spiro atoms. The summed E-state index contributed by atoms with van der Waals surface area (Å²) >= 11 is 0. The fourth-order valence-corrected chi connectivity index (χ4v) is 3.04. The predicted octanol–water partition coefficient (Wildman–Crippen LogP) is 1.92. The molecule has 0 atom stereocenters. The van der Waals surface area contributed by atoms with E-state index >= 15 is 0 Å². The molecule has 2 aromatic rings. The Hall–Kier alpha value is -1.99. The highest BCUT2D eigenvalue weighted by Gasteiger charge is 2.16. The Morgan fingerprint density at radius 1 is 1.24 bits per heavy atom. The number of ether oxygens (including phenoxy) is 1. The van der Waals surface area contributed by atoms with Crippen molar-refractivity contribution >= 4 is 5.82 Å². The summed E-state index contributed by atoms with van der Waals surface area (Å²) < 4.78 is 7.50. The Morgan fingerprint density at radius 2 is 2.12 bits per heavy atom. The van der Waals surface area contributed by atoms with Crippen molar-refractivity contribution in [1.29, 1.82) is 0 Å². The SMILES string of the molecule is CCCn1cc(CNc2nc(COCC)nc3c2CCNCC3)cn1. The Labute approximate surface area is 149 Å². The van der Waals surface area contributed by atoms with E-state index in [1.165, 1.54) is 11.1 Å². The van der Waals surface area contributed by atoms with Gasteiger partial charge in [0, 0.05) is 50.0 Å². The van der Waals surface area contributed by atoms with Crippen molar-refractivity contribution in [1.82, 2.24) is 25.1 Å². The van der Waals surface area contributed by atoms with Crippen LogP contribution in [0.15, 0.2) is 12.4 Å². The number of nitrogens with zero attached hydrogens (tertiary/aromatic N) is 4. The Balaban J connectivity index is 1.77. The standard InChI is InChI=1S/C18H28N6O/c1-3-9-24-12-14(11-21-24)10-20-18-15-5-7-19-8-6-16(15)22-17(23-18)13-25-4-2/h11-12,19H,3-10,13H2,1-2H3,(H,20,22,23). The molecule has 0 aliphatic carbocycles. The van der Waals surface area contributed by atoms with Crippen molar-refractivity contribution < 1.29 is 4.74 Å². The van der Waals surface area contributed by atoms with Crippen molar-refractivity contribution in [3.05, 3.63) is 35.0 Å². The highest BCUT2D eigenvalue weighted by Crippen LogP contribution is 2.21. The number of aryl methyl sites for hydroxylation is 1. The van der Waals surface area contributed by atoms with Gasteiger partial charge in [-0.05, 0) is 26.3 Å².